The first-order valence-electron chi connectivity index (χ1n) is 7.37. The molecule has 0 spiro atoms. The maximum Gasteiger partial charge on any atom is 0.264 e. The Morgan fingerprint density at radius 1 is 1.38 bits per heavy atom. The van der Waals surface area contributed by atoms with Gasteiger partial charge in [-0.15, -0.1) is 6.58 Å². The van der Waals surface area contributed by atoms with E-state index in [-0.39, 0.29) is 12.2 Å². The largest absolute Gasteiger partial charge is 0.375 e. The minimum Gasteiger partial charge on any atom is -0.375 e. The summed E-state index contributed by atoms with van der Waals surface area (Å²) < 4.78 is 0. The van der Waals surface area contributed by atoms with Crippen LogP contribution in [0.1, 0.15) is 22.5 Å². The van der Waals surface area contributed by atoms with E-state index in [4.69, 9.17) is 11.6 Å². The van der Waals surface area contributed by atoms with Gasteiger partial charge in [0.2, 0.25) is 0 Å². The van der Waals surface area contributed by atoms with Crippen molar-refractivity contribution >= 4 is 29.0 Å². The molecule has 3 rings (SSSR count). The van der Waals surface area contributed by atoms with Gasteiger partial charge >= 0.3 is 0 Å². The Balaban J connectivity index is 2.03. The lowest BCUT2D eigenvalue weighted by Crippen LogP contribution is -2.42. The van der Waals surface area contributed by atoms with Crippen LogP contribution in [0.2, 0.25) is 5.02 Å². The lowest BCUT2D eigenvalue weighted by molar-refractivity contribution is -0.135. The molecule has 1 aromatic heterocycles. The molecule has 1 aliphatic rings. The maximum atomic E-state index is 12.8. The smallest absolute Gasteiger partial charge is 0.264 e. The molecule has 0 unspecified atom stereocenters. The van der Waals surface area contributed by atoms with Crippen molar-refractivity contribution in [3.05, 3.63) is 71.5 Å². The number of carbonyl (C=O) groups excluding carboxylic acids is 2. The third-order valence-electron chi connectivity index (χ3n) is 3.97. The molecule has 1 aliphatic heterocycles. The number of rotatable bonds is 5. The highest BCUT2D eigenvalue weighted by molar-refractivity contribution is 6.31. The Morgan fingerprint density at radius 2 is 2.17 bits per heavy atom. The summed E-state index contributed by atoms with van der Waals surface area (Å²) in [6.45, 7) is 3.86. The summed E-state index contributed by atoms with van der Waals surface area (Å²) in [5, 5.41) is 11.4. The van der Waals surface area contributed by atoms with Crippen LogP contribution in [0.5, 0.6) is 0 Å². The van der Waals surface area contributed by atoms with Crippen LogP contribution in [0.3, 0.4) is 0 Å². The average Bonchev–Trinajstić information content (AvgIpc) is 2.78. The summed E-state index contributed by atoms with van der Waals surface area (Å²) in [5.74, 6) is -0.984. The first-order valence-corrected chi connectivity index (χ1v) is 7.74. The summed E-state index contributed by atoms with van der Waals surface area (Å²) >= 11 is 6.02. The number of aliphatic hydroxyl groups is 1. The lowest BCUT2D eigenvalue weighted by Gasteiger charge is -2.22. The van der Waals surface area contributed by atoms with E-state index in [0.717, 1.165) is 0 Å². The van der Waals surface area contributed by atoms with Gasteiger partial charge in [-0.2, -0.15) is 0 Å². The second-order valence-electron chi connectivity index (χ2n) is 5.54. The summed E-state index contributed by atoms with van der Waals surface area (Å²) in [5.41, 5.74) is -0.908. The number of hydrogen-bond acceptors (Lipinski definition) is 4. The van der Waals surface area contributed by atoms with Crippen LogP contribution in [-0.2, 0) is 10.4 Å². The monoisotopic (exact) mass is 342 g/mol. The number of aromatic nitrogens is 1. The van der Waals surface area contributed by atoms with E-state index in [1.807, 2.05) is 0 Å². The number of ketones is 1. The van der Waals surface area contributed by atoms with E-state index < -0.39 is 23.7 Å². The number of benzene rings is 1. The number of nitrogens with zero attached hydrogens (tertiary/aromatic N) is 2. The first kappa shape index (κ1) is 16.4. The molecule has 1 N–H and O–H groups in total. The standard InChI is InChI=1S/C18H15ClN2O3/c1-2-9-21-15-7-6-12(19)10-13(15)18(24,17(21)23)11-16(22)14-5-3-4-8-20-14/h2-8,10,24H,1,9,11H2/t18-/m0/s1. The summed E-state index contributed by atoms with van der Waals surface area (Å²) in [4.78, 5) is 30.6. The number of hydrogen-bond donors (Lipinski definition) is 1. The number of Topliss-reactive ketones (excluding diaryl/α,β-unsaturated/α-hetero) is 1. The van der Waals surface area contributed by atoms with E-state index in [2.05, 4.69) is 11.6 Å². The maximum absolute atomic E-state index is 12.8. The van der Waals surface area contributed by atoms with Crippen molar-refractivity contribution in [1.82, 2.24) is 4.98 Å². The van der Waals surface area contributed by atoms with Gasteiger partial charge in [0, 0.05) is 23.3 Å². The van der Waals surface area contributed by atoms with Crippen molar-refractivity contribution in [3.63, 3.8) is 0 Å². The van der Waals surface area contributed by atoms with Crippen LogP contribution in [0.25, 0.3) is 0 Å². The molecule has 0 bridgehead atoms. The van der Waals surface area contributed by atoms with E-state index in [0.29, 0.717) is 16.3 Å². The van der Waals surface area contributed by atoms with Crippen LogP contribution >= 0.6 is 11.6 Å². The number of amides is 1. The van der Waals surface area contributed by atoms with Crippen molar-refractivity contribution < 1.29 is 14.7 Å². The van der Waals surface area contributed by atoms with Crippen molar-refractivity contribution in [2.45, 2.75) is 12.0 Å². The Bertz CT molecular complexity index is 822. The summed E-state index contributed by atoms with van der Waals surface area (Å²) in [6.07, 6.45) is 2.65. The Labute approximate surface area is 144 Å². The molecule has 0 aliphatic carbocycles. The molecule has 2 aromatic rings. The predicted octanol–water partition coefficient (Wildman–Crippen LogP) is 2.73. The molecule has 0 saturated heterocycles. The van der Waals surface area contributed by atoms with Gasteiger partial charge in [0.05, 0.1) is 12.1 Å². The summed E-state index contributed by atoms with van der Waals surface area (Å²) in [6, 6.07) is 9.72. The van der Waals surface area contributed by atoms with E-state index in [1.54, 1.807) is 36.4 Å². The van der Waals surface area contributed by atoms with Crippen LogP contribution in [0.4, 0.5) is 5.69 Å². The predicted molar refractivity (Wildman–Crippen MR) is 91.1 cm³/mol. The van der Waals surface area contributed by atoms with Crippen molar-refractivity contribution in [1.29, 1.82) is 0 Å². The highest BCUT2D eigenvalue weighted by atomic mass is 35.5. The normalized spacial score (nSPS) is 19.2. The quantitative estimate of drug-likeness (QED) is 0.670. The molecule has 0 radical (unpaired) electrons. The van der Waals surface area contributed by atoms with Gasteiger partial charge in [-0.25, -0.2) is 0 Å². The molecule has 122 valence electrons. The topological polar surface area (TPSA) is 70.5 Å². The van der Waals surface area contributed by atoms with E-state index in [9.17, 15) is 14.7 Å². The number of fused-ring (bicyclic) bond motifs is 1. The zero-order valence-electron chi connectivity index (χ0n) is 12.8. The summed E-state index contributed by atoms with van der Waals surface area (Å²) in [7, 11) is 0. The van der Waals surface area contributed by atoms with Gasteiger partial charge in [-0.05, 0) is 30.3 Å². The zero-order chi connectivity index (χ0) is 17.3. The minimum atomic E-state index is -1.96. The minimum absolute atomic E-state index is 0.199. The van der Waals surface area contributed by atoms with Crippen LogP contribution in [-0.4, -0.2) is 28.3 Å². The highest BCUT2D eigenvalue weighted by Crippen LogP contribution is 2.43. The fraction of sp³-hybridized carbons (Fsp3) is 0.167. The molecule has 1 aromatic carbocycles. The SMILES string of the molecule is C=CCN1C(=O)[C@](O)(CC(=O)c2ccccn2)c2cc(Cl)ccc21. The third kappa shape index (κ3) is 2.62. The van der Waals surface area contributed by atoms with Gasteiger partial charge in [0.25, 0.3) is 5.91 Å². The third-order valence-corrected chi connectivity index (χ3v) is 4.21. The Kier molecular flexibility index (Phi) is 4.22. The molecular weight excluding hydrogens is 328 g/mol. The molecule has 0 saturated carbocycles. The van der Waals surface area contributed by atoms with Crippen molar-refractivity contribution in [3.8, 4) is 0 Å². The van der Waals surface area contributed by atoms with E-state index in [1.165, 1.54) is 17.2 Å². The Morgan fingerprint density at radius 3 is 2.83 bits per heavy atom. The Hall–Kier alpha value is -2.50. The van der Waals surface area contributed by atoms with E-state index >= 15 is 0 Å². The van der Waals surface area contributed by atoms with Crippen LogP contribution < -0.4 is 4.90 Å². The fourth-order valence-corrected chi connectivity index (χ4v) is 3.03. The molecule has 6 heteroatoms. The van der Waals surface area contributed by atoms with Gasteiger partial charge < -0.3 is 10.0 Å². The first-order chi connectivity index (χ1) is 11.5. The molecular formula is C18H15ClN2O3. The zero-order valence-corrected chi connectivity index (χ0v) is 13.5. The lowest BCUT2D eigenvalue weighted by atomic mass is 9.89. The average molecular weight is 343 g/mol. The number of anilines is 1. The molecule has 24 heavy (non-hydrogen) atoms. The van der Waals surface area contributed by atoms with Gasteiger partial charge in [0.1, 0.15) is 5.69 Å². The van der Waals surface area contributed by atoms with Crippen molar-refractivity contribution in [2.75, 3.05) is 11.4 Å². The number of carbonyl (C=O) groups is 2. The highest BCUT2D eigenvalue weighted by Gasteiger charge is 2.50. The van der Waals surface area contributed by atoms with Gasteiger partial charge in [-0.1, -0.05) is 23.7 Å². The van der Waals surface area contributed by atoms with Crippen molar-refractivity contribution in [2.24, 2.45) is 0 Å². The van der Waals surface area contributed by atoms with Gasteiger partial charge in [0.15, 0.2) is 11.4 Å². The number of halogens is 1. The molecule has 5 nitrogen and oxygen atoms in total. The van der Waals surface area contributed by atoms with Crippen LogP contribution in [0.15, 0.2) is 55.3 Å². The second-order valence-corrected chi connectivity index (χ2v) is 5.98. The fourth-order valence-electron chi connectivity index (χ4n) is 2.85. The number of pyridine rings is 1. The molecule has 1 atom stereocenters. The second kappa shape index (κ2) is 6.19. The molecule has 2 heterocycles. The molecule has 0 fully saturated rings. The molecule has 1 amide bonds. The van der Waals surface area contributed by atoms with Crippen LogP contribution in [0, 0.1) is 0 Å². The van der Waals surface area contributed by atoms with Gasteiger partial charge in [-0.3, -0.25) is 14.6 Å².